The molecule has 20 heavy (non-hydrogen) atoms. The van der Waals surface area contributed by atoms with E-state index < -0.39 is 0 Å². The molecule has 3 nitrogen and oxygen atoms in total. The van der Waals surface area contributed by atoms with Crippen molar-refractivity contribution in [3.8, 4) is 5.75 Å². The largest absolute Gasteiger partial charge is 0.497 e. The third kappa shape index (κ3) is 3.97. The first-order chi connectivity index (χ1) is 9.76. The van der Waals surface area contributed by atoms with Gasteiger partial charge in [-0.1, -0.05) is 26.0 Å². The van der Waals surface area contributed by atoms with Gasteiger partial charge in [-0.3, -0.25) is 0 Å². The molecule has 1 aliphatic rings. The summed E-state index contributed by atoms with van der Waals surface area (Å²) in [4.78, 5) is 2.46. The Morgan fingerprint density at radius 2 is 1.80 bits per heavy atom. The summed E-state index contributed by atoms with van der Waals surface area (Å²) in [6.07, 6.45) is 2.54. The highest BCUT2D eigenvalue weighted by atomic mass is 16.5. The Morgan fingerprint density at radius 3 is 2.35 bits per heavy atom. The number of methoxy groups -OCH3 is 1. The van der Waals surface area contributed by atoms with Gasteiger partial charge in [0.25, 0.3) is 0 Å². The first kappa shape index (κ1) is 15.3. The molecule has 2 rings (SSSR count). The van der Waals surface area contributed by atoms with Gasteiger partial charge in [0.2, 0.25) is 0 Å². The molecule has 112 valence electrons. The molecule has 1 N–H and O–H groups in total. The predicted octanol–water partition coefficient (Wildman–Crippen LogP) is 2.87. The maximum absolute atomic E-state index is 5.20. The standard InChI is InChI=1S/C17H28N2O/c1-4-19(5-2)11-10-18-16-12-15(13-16)14-6-8-17(20-3)9-7-14/h6-9,15-16,18H,4-5,10-13H2,1-3H3. The molecule has 1 saturated carbocycles. The molecular formula is C17H28N2O. The fourth-order valence-corrected chi connectivity index (χ4v) is 2.90. The summed E-state index contributed by atoms with van der Waals surface area (Å²) in [5.74, 6) is 1.67. The number of nitrogens with one attached hydrogen (secondary N) is 1. The lowest BCUT2D eigenvalue weighted by Crippen LogP contribution is -2.43. The van der Waals surface area contributed by atoms with Crippen LogP contribution in [-0.4, -0.2) is 44.2 Å². The van der Waals surface area contributed by atoms with Crippen LogP contribution in [0.25, 0.3) is 0 Å². The van der Waals surface area contributed by atoms with Gasteiger partial charge in [0.05, 0.1) is 7.11 Å². The Kier molecular flexibility index (Phi) is 5.86. The van der Waals surface area contributed by atoms with Crippen molar-refractivity contribution < 1.29 is 4.74 Å². The Labute approximate surface area is 123 Å². The van der Waals surface area contributed by atoms with Crippen LogP contribution in [0.4, 0.5) is 0 Å². The summed E-state index contributed by atoms with van der Waals surface area (Å²) >= 11 is 0. The van der Waals surface area contributed by atoms with Crippen LogP contribution in [0.5, 0.6) is 5.75 Å². The highest BCUT2D eigenvalue weighted by Crippen LogP contribution is 2.37. The maximum Gasteiger partial charge on any atom is 0.118 e. The molecule has 1 aromatic rings. The van der Waals surface area contributed by atoms with Crippen LogP contribution in [0.3, 0.4) is 0 Å². The van der Waals surface area contributed by atoms with Gasteiger partial charge in [-0.05, 0) is 49.5 Å². The summed E-state index contributed by atoms with van der Waals surface area (Å²) in [6.45, 7) is 9.03. The van der Waals surface area contributed by atoms with Crippen LogP contribution in [0.1, 0.15) is 38.2 Å². The van der Waals surface area contributed by atoms with Crippen molar-refractivity contribution in [1.29, 1.82) is 0 Å². The van der Waals surface area contributed by atoms with Crippen LogP contribution < -0.4 is 10.1 Å². The Bertz CT molecular complexity index is 380. The van der Waals surface area contributed by atoms with Crippen LogP contribution >= 0.6 is 0 Å². The van der Waals surface area contributed by atoms with Crippen molar-refractivity contribution in [3.05, 3.63) is 29.8 Å². The van der Waals surface area contributed by atoms with E-state index in [9.17, 15) is 0 Å². The molecule has 3 heteroatoms. The second kappa shape index (κ2) is 7.65. The number of ether oxygens (including phenoxy) is 1. The third-order valence-electron chi connectivity index (χ3n) is 4.48. The number of hydrogen-bond acceptors (Lipinski definition) is 3. The first-order valence-electron chi connectivity index (χ1n) is 7.86. The maximum atomic E-state index is 5.20. The molecule has 0 atom stereocenters. The molecule has 0 spiro atoms. The van der Waals surface area contributed by atoms with Crippen LogP contribution in [0.15, 0.2) is 24.3 Å². The molecule has 0 amide bonds. The molecule has 0 bridgehead atoms. The minimum absolute atomic E-state index is 0.706. The van der Waals surface area contributed by atoms with Gasteiger partial charge in [0, 0.05) is 19.1 Å². The van der Waals surface area contributed by atoms with Gasteiger partial charge < -0.3 is 15.0 Å². The Balaban J connectivity index is 1.66. The fourth-order valence-electron chi connectivity index (χ4n) is 2.90. The fraction of sp³-hybridized carbons (Fsp3) is 0.647. The normalized spacial score (nSPS) is 21.8. The Hall–Kier alpha value is -1.06. The molecule has 1 aromatic carbocycles. The van der Waals surface area contributed by atoms with E-state index in [-0.39, 0.29) is 0 Å². The highest BCUT2D eigenvalue weighted by Gasteiger charge is 2.29. The topological polar surface area (TPSA) is 24.5 Å². The van der Waals surface area contributed by atoms with Gasteiger partial charge in [-0.2, -0.15) is 0 Å². The van der Waals surface area contributed by atoms with Crippen molar-refractivity contribution in [1.82, 2.24) is 10.2 Å². The first-order valence-corrected chi connectivity index (χ1v) is 7.86. The molecule has 1 fully saturated rings. The van der Waals surface area contributed by atoms with E-state index in [0.717, 1.165) is 37.8 Å². The number of likely N-dealkylation sites (N-methyl/N-ethyl adjacent to an activating group) is 1. The van der Waals surface area contributed by atoms with Crippen molar-refractivity contribution in [2.75, 3.05) is 33.3 Å². The SMILES string of the molecule is CCN(CC)CCNC1CC(c2ccc(OC)cc2)C1. The summed E-state index contributed by atoms with van der Waals surface area (Å²) in [6, 6.07) is 9.25. The van der Waals surface area contributed by atoms with Crippen molar-refractivity contribution in [2.24, 2.45) is 0 Å². The summed E-state index contributed by atoms with van der Waals surface area (Å²) < 4.78 is 5.20. The molecular weight excluding hydrogens is 248 g/mol. The average Bonchev–Trinajstić information content (AvgIpc) is 2.46. The van der Waals surface area contributed by atoms with Crippen molar-refractivity contribution >= 4 is 0 Å². The molecule has 0 aromatic heterocycles. The number of hydrogen-bond donors (Lipinski definition) is 1. The van der Waals surface area contributed by atoms with Gasteiger partial charge >= 0.3 is 0 Å². The van der Waals surface area contributed by atoms with Crippen LogP contribution in [0, 0.1) is 0 Å². The number of rotatable bonds is 8. The second-order valence-electron chi connectivity index (χ2n) is 5.62. The van der Waals surface area contributed by atoms with E-state index in [4.69, 9.17) is 4.74 Å². The average molecular weight is 276 g/mol. The van der Waals surface area contributed by atoms with E-state index in [0.29, 0.717) is 6.04 Å². The highest BCUT2D eigenvalue weighted by molar-refractivity contribution is 5.30. The quantitative estimate of drug-likeness (QED) is 0.790. The zero-order chi connectivity index (χ0) is 14.4. The van der Waals surface area contributed by atoms with E-state index in [2.05, 4.69) is 48.3 Å². The Morgan fingerprint density at radius 1 is 1.15 bits per heavy atom. The van der Waals surface area contributed by atoms with Gasteiger partial charge in [-0.25, -0.2) is 0 Å². The summed E-state index contributed by atoms with van der Waals surface area (Å²) in [7, 11) is 1.72. The monoisotopic (exact) mass is 276 g/mol. The van der Waals surface area contributed by atoms with Crippen LogP contribution in [0.2, 0.25) is 0 Å². The van der Waals surface area contributed by atoms with E-state index in [1.54, 1.807) is 7.11 Å². The summed E-state index contributed by atoms with van der Waals surface area (Å²) in [5, 5.41) is 3.67. The molecule has 0 aliphatic heterocycles. The van der Waals surface area contributed by atoms with E-state index in [1.807, 2.05) is 0 Å². The van der Waals surface area contributed by atoms with Crippen molar-refractivity contribution in [2.45, 2.75) is 38.6 Å². The number of nitrogens with zero attached hydrogens (tertiary/aromatic N) is 1. The minimum Gasteiger partial charge on any atom is -0.497 e. The third-order valence-corrected chi connectivity index (χ3v) is 4.48. The van der Waals surface area contributed by atoms with Gasteiger partial charge in [-0.15, -0.1) is 0 Å². The molecule has 1 aliphatic carbocycles. The van der Waals surface area contributed by atoms with E-state index in [1.165, 1.54) is 18.4 Å². The van der Waals surface area contributed by atoms with Crippen molar-refractivity contribution in [3.63, 3.8) is 0 Å². The van der Waals surface area contributed by atoms with Gasteiger partial charge in [0.15, 0.2) is 0 Å². The molecule has 0 saturated heterocycles. The zero-order valence-corrected chi connectivity index (χ0v) is 13.1. The second-order valence-corrected chi connectivity index (χ2v) is 5.62. The number of benzene rings is 1. The molecule has 0 heterocycles. The lowest BCUT2D eigenvalue weighted by molar-refractivity contribution is 0.256. The smallest absolute Gasteiger partial charge is 0.118 e. The minimum atomic E-state index is 0.706. The molecule has 0 unspecified atom stereocenters. The molecule has 0 radical (unpaired) electrons. The lowest BCUT2D eigenvalue weighted by Gasteiger charge is -2.37. The predicted molar refractivity (Wildman–Crippen MR) is 84.5 cm³/mol. The van der Waals surface area contributed by atoms with E-state index >= 15 is 0 Å². The van der Waals surface area contributed by atoms with Crippen LogP contribution in [-0.2, 0) is 0 Å². The zero-order valence-electron chi connectivity index (χ0n) is 13.1. The lowest BCUT2D eigenvalue weighted by atomic mass is 9.76. The summed E-state index contributed by atoms with van der Waals surface area (Å²) in [5.41, 5.74) is 1.45. The van der Waals surface area contributed by atoms with Gasteiger partial charge in [0.1, 0.15) is 5.75 Å².